The van der Waals surface area contributed by atoms with Gasteiger partial charge in [0.25, 0.3) is 0 Å². The fourth-order valence-electron chi connectivity index (χ4n) is 0. The summed E-state index contributed by atoms with van der Waals surface area (Å²) >= 11 is 9.75. The first kappa shape index (κ1) is 10.1. The molecule has 1 nitrogen and oxygen atoms in total. The van der Waals surface area contributed by atoms with Gasteiger partial charge in [0.2, 0.25) is 0 Å². The van der Waals surface area contributed by atoms with E-state index in [-0.39, 0.29) is 5.48 Å². The Labute approximate surface area is 55.8 Å². The molecule has 2 N–H and O–H groups in total. The van der Waals surface area contributed by atoms with Gasteiger partial charge in [-0.05, 0) is 0 Å². The van der Waals surface area contributed by atoms with E-state index < -0.39 is 9.46 Å². The van der Waals surface area contributed by atoms with Crippen LogP contribution in [0.3, 0.4) is 0 Å². The summed E-state index contributed by atoms with van der Waals surface area (Å²) < 4.78 is 0. The quantitative estimate of drug-likeness (QED) is 0.652. The van der Waals surface area contributed by atoms with Crippen molar-refractivity contribution in [3.05, 3.63) is 0 Å². The SMILES string of the molecule is O.[Br][V]([Br])[Br]. The monoisotopic (exact) mass is 306 g/mol. The third-order valence-corrected chi connectivity index (χ3v) is 0. The molecule has 0 aliphatic rings. The van der Waals surface area contributed by atoms with Crippen molar-refractivity contribution in [2.75, 3.05) is 0 Å². The number of hydrogen-bond donors (Lipinski definition) is 0. The number of hydrogen-bond acceptors (Lipinski definition) is 0. The summed E-state index contributed by atoms with van der Waals surface area (Å²) in [6.45, 7) is 0. The molecule has 0 saturated heterocycles. The van der Waals surface area contributed by atoms with Gasteiger partial charge in [-0.15, -0.1) is 0 Å². The van der Waals surface area contributed by atoms with Crippen LogP contribution in [0, 0.1) is 0 Å². The predicted octanol–water partition coefficient (Wildman–Crippen LogP) is 1.71. The van der Waals surface area contributed by atoms with Gasteiger partial charge >= 0.3 is 50.9 Å². The minimum absolute atomic E-state index is 0. The van der Waals surface area contributed by atoms with Crippen LogP contribution >= 0.6 is 41.4 Å². The summed E-state index contributed by atoms with van der Waals surface area (Å²) in [5.41, 5.74) is 0. The van der Waals surface area contributed by atoms with Gasteiger partial charge < -0.3 is 5.48 Å². The first-order valence-corrected chi connectivity index (χ1v) is 10.9. The van der Waals surface area contributed by atoms with Crippen LogP contribution in [0.15, 0.2) is 0 Å². The molecule has 0 spiro atoms. The van der Waals surface area contributed by atoms with Gasteiger partial charge in [0.15, 0.2) is 0 Å². The number of halogens is 3. The molecule has 5 heteroatoms. The molecule has 0 aliphatic carbocycles. The molecule has 0 aromatic heterocycles. The zero-order valence-electron chi connectivity index (χ0n) is 2.08. The van der Waals surface area contributed by atoms with Crippen molar-refractivity contribution in [3.63, 3.8) is 0 Å². The van der Waals surface area contributed by atoms with E-state index in [2.05, 4.69) is 41.4 Å². The summed E-state index contributed by atoms with van der Waals surface area (Å²) in [6, 6.07) is 0. The summed E-state index contributed by atoms with van der Waals surface area (Å²) in [5, 5.41) is 0. The molecule has 0 unspecified atom stereocenters. The first-order valence-electron chi connectivity index (χ1n) is 0.507. The summed E-state index contributed by atoms with van der Waals surface area (Å²) in [7, 11) is -0.750. The summed E-state index contributed by atoms with van der Waals surface area (Å²) in [6.07, 6.45) is 0. The molecule has 0 aromatic carbocycles. The Morgan fingerprint density at radius 2 is 1.00 bits per heavy atom. The van der Waals surface area contributed by atoms with E-state index >= 15 is 0 Å². The van der Waals surface area contributed by atoms with E-state index in [0.29, 0.717) is 0 Å². The van der Waals surface area contributed by atoms with E-state index in [1.807, 2.05) is 0 Å². The molecule has 0 atom stereocenters. The van der Waals surface area contributed by atoms with Crippen molar-refractivity contribution < 1.29 is 14.9 Å². The Morgan fingerprint density at radius 3 is 1.00 bits per heavy atom. The molecule has 0 aromatic rings. The molecule has 0 amide bonds. The van der Waals surface area contributed by atoms with E-state index in [1.165, 1.54) is 0 Å². The van der Waals surface area contributed by atoms with Crippen molar-refractivity contribution in [3.8, 4) is 0 Å². The maximum atomic E-state index is 3.25. The van der Waals surface area contributed by atoms with Crippen molar-refractivity contribution in [1.29, 1.82) is 0 Å². The second-order valence-electron chi connectivity index (χ2n) is 0.192. The van der Waals surface area contributed by atoms with Crippen LogP contribution in [-0.2, 0) is 9.46 Å². The molecule has 5 heavy (non-hydrogen) atoms. The van der Waals surface area contributed by atoms with Gasteiger partial charge in [0.05, 0.1) is 0 Å². The maximum absolute atomic E-state index is 3.25. The van der Waals surface area contributed by atoms with Crippen molar-refractivity contribution >= 4 is 41.4 Å². The van der Waals surface area contributed by atoms with Crippen LogP contribution in [0.25, 0.3) is 0 Å². The second kappa shape index (κ2) is 5.98. The fourth-order valence-corrected chi connectivity index (χ4v) is 0. The van der Waals surface area contributed by atoms with Gasteiger partial charge in [-0.2, -0.15) is 0 Å². The Bertz CT molecular complexity index is 11.6. The van der Waals surface area contributed by atoms with Crippen LogP contribution in [0.4, 0.5) is 0 Å². The van der Waals surface area contributed by atoms with Crippen molar-refractivity contribution in [1.82, 2.24) is 0 Å². The van der Waals surface area contributed by atoms with E-state index in [1.54, 1.807) is 0 Å². The molecular formula is H2Br3OV. The molecule has 0 rings (SSSR count). The summed E-state index contributed by atoms with van der Waals surface area (Å²) in [5.74, 6) is 0. The van der Waals surface area contributed by atoms with E-state index in [0.717, 1.165) is 0 Å². The molecule has 0 fully saturated rings. The van der Waals surface area contributed by atoms with Gasteiger partial charge in [-0.1, -0.05) is 0 Å². The number of rotatable bonds is 0. The Balaban J connectivity index is 0. The molecular weight excluding hydrogens is 307 g/mol. The first-order chi connectivity index (χ1) is 1.73. The Hall–Kier alpha value is 1.98. The summed E-state index contributed by atoms with van der Waals surface area (Å²) in [4.78, 5) is 0. The van der Waals surface area contributed by atoms with Gasteiger partial charge in [0.1, 0.15) is 0 Å². The van der Waals surface area contributed by atoms with Crippen LogP contribution in [-0.4, -0.2) is 5.48 Å². The van der Waals surface area contributed by atoms with Crippen LogP contribution < -0.4 is 0 Å². The zero-order chi connectivity index (χ0) is 3.58. The molecule has 0 radical (unpaired) electrons. The third-order valence-electron chi connectivity index (χ3n) is 0. The van der Waals surface area contributed by atoms with E-state index in [9.17, 15) is 0 Å². The third kappa shape index (κ3) is 24.1. The average Bonchev–Trinajstić information content (AvgIpc) is 0.811. The fraction of sp³-hybridized carbons (Fsp3) is 0. The van der Waals surface area contributed by atoms with Gasteiger partial charge in [-0.3, -0.25) is 0 Å². The topological polar surface area (TPSA) is 31.5 Å². The van der Waals surface area contributed by atoms with Crippen LogP contribution in [0.1, 0.15) is 0 Å². The molecule has 0 aliphatic heterocycles. The molecule has 0 heterocycles. The minimum atomic E-state index is -0.750. The molecule has 0 bridgehead atoms. The zero-order valence-corrected chi connectivity index (χ0v) is 8.24. The molecule has 34 valence electrons. The van der Waals surface area contributed by atoms with Crippen LogP contribution in [0.5, 0.6) is 0 Å². The standard InChI is InChI=1S/3BrH.H2O.V/h3*1H;1H2;/q;;;;+3/p-3. The van der Waals surface area contributed by atoms with Crippen molar-refractivity contribution in [2.24, 2.45) is 0 Å². The van der Waals surface area contributed by atoms with Crippen LogP contribution in [0.2, 0.25) is 0 Å². The second-order valence-corrected chi connectivity index (χ2v) is 21.3. The Morgan fingerprint density at radius 1 is 1.00 bits per heavy atom. The van der Waals surface area contributed by atoms with Crippen molar-refractivity contribution in [2.45, 2.75) is 0 Å². The van der Waals surface area contributed by atoms with E-state index in [4.69, 9.17) is 0 Å². The predicted molar refractivity (Wildman–Crippen MR) is 30.4 cm³/mol. The van der Waals surface area contributed by atoms with Gasteiger partial charge in [-0.25, -0.2) is 0 Å². The average molecular weight is 309 g/mol. The Kier molecular flexibility index (Phi) is 12.1. The van der Waals surface area contributed by atoms with Gasteiger partial charge in [0, 0.05) is 0 Å². The molecule has 0 saturated carbocycles. The normalized spacial score (nSPS) is 7.20.